The molecule has 2 aromatic rings. The monoisotopic (exact) mass is 219 g/mol. The molecule has 0 aliphatic carbocycles. The van der Waals surface area contributed by atoms with Crippen molar-refractivity contribution in [3.63, 3.8) is 0 Å². The molecule has 0 aliphatic heterocycles. The van der Waals surface area contributed by atoms with Gasteiger partial charge in [-0.1, -0.05) is 0 Å². The fourth-order valence-electron chi connectivity index (χ4n) is 1.35. The number of aromatic hydroxyl groups is 1. The zero-order valence-electron chi connectivity index (χ0n) is 8.53. The third-order valence-electron chi connectivity index (χ3n) is 2.13. The Hall–Kier alpha value is -1.48. The first-order valence-corrected chi connectivity index (χ1v) is 5.64. The third-order valence-corrected chi connectivity index (χ3v) is 3.13. The van der Waals surface area contributed by atoms with Gasteiger partial charge in [-0.2, -0.15) is 0 Å². The van der Waals surface area contributed by atoms with E-state index in [9.17, 15) is 0 Å². The Balaban J connectivity index is 1.96. The van der Waals surface area contributed by atoms with Crippen LogP contribution in [0.1, 0.15) is 9.75 Å². The van der Waals surface area contributed by atoms with E-state index in [-0.39, 0.29) is 0 Å². The summed E-state index contributed by atoms with van der Waals surface area (Å²) >= 11 is 1.80. The van der Waals surface area contributed by atoms with Gasteiger partial charge in [-0.25, -0.2) is 0 Å². The van der Waals surface area contributed by atoms with E-state index in [0.717, 1.165) is 12.2 Å². The molecule has 0 amide bonds. The fourth-order valence-corrected chi connectivity index (χ4v) is 2.18. The zero-order chi connectivity index (χ0) is 10.7. The van der Waals surface area contributed by atoms with Gasteiger partial charge in [0, 0.05) is 22.0 Å². The Bertz CT molecular complexity index is 433. The van der Waals surface area contributed by atoms with Crippen LogP contribution in [0.15, 0.2) is 36.4 Å². The first-order valence-electron chi connectivity index (χ1n) is 4.82. The topological polar surface area (TPSA) is 32.3 Å². The number of rotatable bonds is 3. The highest BCUT2D eigenvalue weighted by atomic mass is 32.1. The third kappa shape index (κ3) is 2.73. The standard InChI is InChI=1S/C12H13NOS/c1-9-2-7-12(15-9)8-13-10-3-5-11(14)6-4-10/h2-7,13-14H,8H2,1H3. The number of aryl methyl sites for hydroxylation is 1. The molecule has 0 fully saturated rings. The smallest absolute Gasteiger partial charge is 0.115 e. The van der Waals surface area contributed by atoms with Crippen LogP contribution in [0.2, 0.25) is 0 Å². The van der Waals surface area contributed by atoms with Gasteiger partial charge in [0.2, 0.25) is 0 Å². The minimum atomic E-state index is 0.299. The normalized spacial score (nSPS) is 10.2. The molecular formula is C12H13NOS. The molecule has 3 heteroatoms. The molecule has 1 heterocycles. The molecule has 2 rings (SSSR count). The molecule has 2 N–H and O–H groups in total. The molecule has 1 aromatic carbocycles. The van der Waals surface area contributed by atoms with Gasteiger partial charge in [-0.15, -0.1) is 11.3 Å². The molecule has 0 radical (unpaired) electrons. The highest BCUT2D eigenvalue weighted by Gasteiger charge is 1.96. The van der Waals surface area contributed by atoms with E-state index in [0.29, 0.717) is 5.75 Å². The molecule has 0 aliphatic rings. The van der Waals surface area contributed by atoms with E-state index in [4.69, 9.17) is 5.11 Å². The Morgan fingerprint density at radius 1 is 1.13 bits per heavy atom. The van der Waals surface area contributed by atoms with Gasteiger partial charge in [0.1, 0.15) is 5.75 Å². The van der Waals surface area contributed by atoms with Crippen molar-refractivity contribution in [1.29, 1.82) is 0 Å². The van der Waals surface area contributed by atoms with Crippen molar-refractivity contribution < 1.29 is 5.11 Å². The van der Waals surface area contributed by atoms with Crippen LogP contribution in [0.5, 0.6) is 5.75 Å². The van der Waals surface area contributed by atoms with Gasteiger partial charge in [-0.05, 0) is 43.3 Å². The van der Waals surface area contributed by atoms with E-state index in [1.165, 1.54) is 9.75 Å². The largest absolute Gasteiger partial charge is 0.508 e. The maximum atomic E-state index is 9.12. The summed E-state index contributed by atoms with van der Waals surface area (Å²) in [4.78, 5) is 2.65. The lowest BCUT2D eigenvalue weighted by Gasteiger charge is -2.04. The van der Waals surface area contributed by atoms with E-state index in [1.807, 2.05) is 12.1 Å². The molecule has 0 saturated heterocycles. The summed E-state index contributed by atoms with van der Waals surface area (Å²) in [5.41, 5.74) is 1.03. The SMILES string of the molecule is Cc1ccc(CNc2ccc(O)cc2)s1. The average molecular weight is 219 g/mol. The second-order valence-electron chi connectivity index (χ2n) is 3.41. The second kappa shape index (κ2) is 4.36. The summed E-state index contributed by atoms with van der Waals surface area (Å²) in [6.07, 6.45) is 0. The first-order chi connectivity index (χ1) is 7.24. The Kier molecular flexibility index (Phi) is 2.92. The molecular weight excluding hydrogens is 206 g/mol. The van der Waals surface area contributed by atoms with Crippen LogP contribution in [0.25, 0.3) is 0 Å². The minimum Gasteiger partial charge on any atom is -0.508 e. The van der Waals surface area contributed by atoms with Gasteiger partial charge in [0.05, 0.1) is 0 Å². The number of phenols is 1. The van der Waals surface area contributed by atoms with Crippen LogP contribution in [0.3, 0.4) is 0 Å². The van der Waals surface area contributed by atoms with E-state index in [1.54, 1.807) is 23.5 Å². The summed E-state index contributed by atoms with van der Waals surface area (Å²) < 4.78 is 0. The molecule has 0 atom stereocenters. The average Bonchev–Trinajstić information content (AvgIpc) is 2.64. The molecule has 78 valence electrons. The van der Waals surface area contributed by atoms with E-state index >= 15 is 0 Å². The van der Waals surface area contributed by atoms with Crippen LogP contribution in [-0.2, 0) is 6.54 Å². The van der Waals surface area contributed by atoms with Crippen molar-refractivity contribution in [2.75, 3.05) is 5.32 Å². The second-order valence-corrected chi connectivity index (χ2v) is 4.79. The van der Waals surface area contributed by atoms with E-state index in [2.05, 4.69) is 24.4 Å². The number of hydrogen-bond donors (Lipinski definition) is 2. The van der Waals surface area contributed by atoms with Crippen molar-refractivity contribution in [2.45, 2.75) is 13.5 Å². The Labute approximate surface area is 93.2 Å². The minimum absolute atomic E-state index is 0.299. The van der Waals surface area contributed by atoms with Gasteiger partial charge in [0.25, 0.3) is 0 Å². The van der Waals surface area contributed by atoms with Gasteiger partial charge in [-0.3, -0.25) is 0 Å². The van der Waals surface area contributed by atoms with Crippen molar-refractivity contribution in [3.05, 3.63) is 46.2 Å². The summed E-state index contributed by atoms with van der Waals surface area (Å²) in [6, 6.07) is 11.4. The number of nitrogens with one attached hydrogen (secondary N) is 1. The summed E-state index contributed by atoms with van der Waals surface area (Å²) in [6.45, 7) is 2.94. The number of hydrogen-bond acceptors (Lipinski definition) is 3. The van der Waals surface area contributed by atoms with Crippen molar-refractivity contribution >= 4 is 17.0 Å². The lowest BCUT2D eigenvalue weighted by atomic mass is 10.3. The Morgan fingerprint density at radius 2 is 1.87 bits per heavy atom. The quantitative estimate of drug-likeness (QED) is 0.776. The van der Waals surface area contributed by atoms with Gasteiger partial charge >= 0.3 is 0 Å². The first kappa shape index (κ1) is 10.1. The Morgan fingerprint density at radius 3 is 2.47 bits per heavy atom. The van der Waals surface area contributed by atoms with Crippen LogP contribution >= 0.6 is 11.3 Å². The number of phenolic OH excluding ortho intramolecular Hbond substituents is 1. The van der Waals surface area contributed by atoms with E-state index < -0.39 is 0 Å². The summed E-state index contributed by atoms with van der Waals surface area (Å²) in [7, 11) is 0. The lowest BCUT2D eigenvalue weighted by Crippen LogP contribution is -1.96. The maximum Gasteiger partial charge on any atom is 0.115 e. The predicted octanol–water partition coefficient (Wildman–Crippen LogP) is 3.37. The lowest BCUT2D eigenvalue weighted by molar-refractivity contribution is 0.475. The van der Waals surface area contributed by atoms with Crippen LogP contribution in [0.4, 0.5) is 5.69 Å². The zero-order valence-corrected chi connectivity index (χ0v) is 9.34. The number of benzene rings is 1. The molecule has 0 spiro atoms. The van der Waals surface area contributed by atoms with Crippen LogP contribution in [-0.4, -0.2) is 5.11 Å². The molecule has 0 saturated carbocycles. The molecule has 1 aromatic heterocycles. The fraction of sp³-hybridized carbons (Fsp3) is 0.167. The molecule has 15 heavy (non-hydrogen) atoms. The van der Waals surface area contributed by atoms with Crippen molar-refractivity contribution in [1.82, 2.24) is 0 Å². The highest BCUT2D eigenvalue weighted by molar-refractivity contribution is 7.11. The summed E-state index contributed by atoms with van der Waals surface area (Å²) in [5.74, 6) is 0.299. The highest BCUT2D eigenvalue weighted by Crippen LogP contribution is 2.18. The maximum absolute atomic E-state index is 9.12. The van der Waals surface area contributed by atoms with Crippen molar-refractivity contribution in [2.24, 2.45) is 0 Å². The van der Waals surface area contributed by atoms with Gasteiger partial charge < -0.3 is 10.4 Å². The van der Waals surface area contributed by atoms with Gasteiger partial charge in [0.15, 0.2) is 0 Å². The number of anilines is 1. The molecule has 0 unspecified atom stereocenters. The predicted molar refractivity (Wildman–Crippen MR) is 64.5 cm³/mol. The summed E-state index contributed by atoms with van der Waals surface area (Å²) in [5, 5.41) is 12.4. The molecule has 0 bridgehead atoms. The van der Waals surface area contributed by atoms with Crippen molar-refractivity contribution in [3.8, 4) is 5.75 Å². The number of thiophene rings is 1. The van der Waals surface area contributed by atoms with Crippen LogP contribution < -0.4 is 5.32 Å². The molecule has 2 nitrogen and oxygen atoms in total. The van der Waals surface area contributed by atoms with Crippen LogP contribution in [0, 0.1) is 6.92 Å².